The molecule has 0 aromatic heterocycles. The van der Waals surface area contributed by atoms with Crippen LogP contribution in [-0.2, 0) is 5.60 Å². The number of hydrogen-bond donors (Lipinski definition) is 4. The van der Waals surface area contributed by atoms with Crippen LogP contribution in [0, 0.1) is 5.92 Å². The van der Waals surface area contributed by atoms with Gasteiger partial charge in [0.1, 0.15) is 5.60 Å². The van der Waals surface area contributed by atoms with Gasteiger partial charge in [0.2, 0.25) is 0 Å². The van der Waals surface area contributed by atoms with E-state index in [1.54, 1.807) is 0 Å². The molecule has 1 aliphatic carbocycles. The van der Waals surface area contributed by atoms with Gasteiger partial charge < -0.3 is 21.1 Å². The van der Waals surface area contributed by atoms with Crippen molar-refractivity contribution in [1.82, 2.24) is 16.0 Å². The summed E-state index contributed by atoms with van der Waals surface area (Å²) in [5.41, 5.74) is 1.50. The predicted molar refractivity (Wildman–Crippen MR) is 150 cm³/mol. The maximum Gasteiger partial charge on any atom is 0.315 e. The molecule has 2 atom stereocenters. The zero-order valence-electron chi connectivity index (χ0n) is 22.1. The molecule has 2 amide bonds. The van der Waals surface area contributed by atoms with E-state index < -0.39 is 11.6 Å². The second-order valence-corrected chi connectivity index (χ2v) is 10.4. The Bertz CT molecular complexity index is 1040. The average Bonchev–Trinajstić information content (AvgIpc) is 2.94. The molecule has 37 heavy (non-hydrogen) atoms. The minimum Gasteiger partial charge on any atom is -0.378 e. The molecule has 0 unspecified atom stereocenters. The number of amides is 2. The molecule has 3 aromatic rings. The van der Waals surface area contributed by atoms with Crippen molar-refractivity contribution in [2.45, 2.75) is 69.7 Å². The first kappa shape index (κ1) is 26.9. The molecule has 1 saturated carbocycles. The van der Waals surface area contributed by atoms with Gasteiger partial charge in [-0.05, 0) is 75.1 Å². The van der Waals surface area contributed by atoms with Gasteiger partial charge >= 0.3 is 6.03 Å². The number of aliphatic hydroxyl groups is 1. The third-order valence-corrected chi connectivity index (χ3v) is 7.89. The number of hydrogen-bond acceptors (Lipinski definition) is 3. The predicted octanol–water partition coefficient (Wildman–Crippen LogP) is 5.91. The average molecular weight is 500 g/mol. The molecule has 0 radical (unpaired) electrons. The monoisotopic (exact) mass is 499 g/mol. The minimum absolute atomic E-state index is 0.168. The molecular formula is C32H41N3O2. The summed E-state index contributed by atoms with van der Waals surface area (Å²) in [6.45, 7) is 5.08. The third-order valence-electron chi connectivity index (χ3n) is 7.89. The normalized spacial score (nSPS) is 19.5. The quantitative estimate of drug-likeness (QED) is 0.280. The van der Waals surface area contributed by atoms with E-state index in [0.717, 1.165) is 49.8 Å². The Morgan fingerprint density at radius 1 is 0.838 bits per heavy atom. The second-order valence-electron chi connectivity index (χ2n) is 10.4. The molecule has 3 aromatic carbocycles. The molecule has 0 spiro atoms. The minimum atomic E-state index is -1.33. The molecule has 4 rings (SSSR count). The van der Waals surface area contributed by atoms with Crippen LogP contribution in [0.3, 0.4) is 0 Å². The van der Waals surface area contributed by atoms with Crippen molar-refractivity contribution in [2.75, 3.05) is 6.54 Å². The van der Waals surface area contributed by atoms with Crippen molar-refractivity contribution in [3.63, 3.8) is 0 Å². The van der Waals surface area contributed by atoms with E-state index in [4.69, 9.17) is 0 Å². The fourth-order valence-corrected chi connectivity index (χ4v) is 5.54. The SMILES string of the molecule is C[C@@H](NCC[C@H]1CC[C@H](NC(=O)N[C@H](C)C(O)(c2ccccc2)c2ccccc2)CC1)c1ccccc1. The number of benzene rings is 3. The zero-order chi connectivity index (χ0) is 26.1. The van der Waals surface area contributed by atoms with Crippen LogP contribution in [0.25, 0.3) is 0 Å². The van der Waals surface area contributed by atoms with Crippen LogP contribution in [-0.4, -0.2) is 29.8 Å². The molecule has 196 valence electrons. The van der Waals surface area contributed by atoms with E-state index in [9.17, 15) is 9.90 Å². The van der Waals surface area contributed by atoms with Crippen molar-refractivity contribution in [1.29, 1.82) is 0 Å². The van der Waals surface area contributed by atoms with Gasteiger partial charge in [-0.2, -0.15) is 0 Å². The van der Waals surface area contributed by atoms with Gasteiger partial charge in [0.15, 0.2) is 0 Å². The van der Waals surface area contributed by atoms with E-state index >= 15 is 0 Å². The van der Waals surface area contributed by atoms with Crippen molar-refractivity contribution < 1.29 is 9.90 Å². The first-order valence-corrected chi connectivity index (χ1v) is 13.7. The Hall–Kier alpha value is -3.15. The van der Waals surface area contributed by atoms with Crippen molar-refractivity contribution in [3.05, 3.63) is 108 Å². The molecule has 5 nitrogen and oxygen atoms in total. The number of carbonyl (C=O) groups excluding carboxylic acids is 1. The van der Waals surface area contributed by atoms with E-state index in [1.807, 2.05) is 67.6 Å². The lowest BCUT2D eigenvalue weighted by atomic mass is 9.81. The van der Waals surface area contributed by atoms with Crippen LogP contribution in [0.1, 0.15) is 68.7 Å². The summed E-state index contributed by atoms with van der Waals surface area (Å²) in [4.78, 5) is 13.0. The molecule has 0 heterocycles. The zero-order valence-corrected chi connectivity index (χ0v) is 22.1. The molecule has 0 aliphatic heterocycles. The highest BCUT2D eigenvalue weighted by molar-refractivity contribution is 5.75. The Morgan fingerprint density at radius 2 is 1.35 bits per heavy atom. The Kier molecular flexibility index (Phi) is 9.37. The van der Waals surface area contributed by atoms with E-state index in [1.165, 1.54) is 5.56 Å². The van der Waals surface area contributed by atoms with Crippen LogP contribution in [0.4, 0.5) is 4.79 Å². The highest BCUT2D eigenvalue weighted by atomic mass is 16.3. The maximum absolute atomic E-state index is 13.0. The summed E-state index contributed by atoms with van der Waals surface area (Å²) >= 11 is 0. The van der Waals surface area contributed by atoms with Crippen molar-refractivity contribution in [3.8, 4) is 0 Å². The van der Waals surface area contributed by atoms with Gasteiger partial charge in [-0.3, -0.25) is 0 Å². The fourth-order valence-electron chi connectivity index (χ4n) is 5.54. The van der Waals surface area contributed by atoms with E-state index in [0.29, 0.717) is 12.0 Å². The highest BCUT2D eigenvalue weighted by Crippen LogP contribution is 2.33. The third kappa shape index (κ3) is 7.00. The van der Waals surface area contributed by atoms with Gasteiger partial charge in [0, 0.05) is 12.1 Å². The molecule has 1 fully saturated rings. The molecule has 5 heteroatoms. The van der Waals surface area contributed by atoms with Crippen LogP contribution in [0.2, 0.25) is 0 Å². The number of carbonyl (C=O) groups is 1. The first-order chi connectivity index (χ1) is 18.0. The van der Waals surface area contributed by atoms with Gasteiger partial charge in [0.05, 0.1) is 6.04 Å². The van der Waals surface area contributed by atoms with Gasteiger partial charge in [0.25, 0.3) is 0 Å². The standard InChI is InChI=1S/C32H41N3O2/c1-24(27-12-6-3-7-13-27)33-23-22-26-18-20-30(21-19-26)35-31(36)34-25(2)32(37,28-14-8-4-9-15-28)29-16-10-5-11-17-29/h3-17,24-26,30,33,37H,18-23H2,1-2H3,(H2,34,35,36)/t24-,25-,26-,30-/m1/s1. The summed E-state index contributed by atoms with van der Waals surface area (Å²) in [5, 5.41) is 21.7. The summed E-state index contributed by atoms with van der Waals surface area (Å²) in [6.07, 6.45) is 5.39. The number of nitrogens with one attached hydrogen (secondary N) is 3. The van der Waals surface area contributed by atoms with Crippen molar-refractivity contribution in [2.24, 2.45) is 5.92 Å². The first-order valence-electron chi connectivity index (χ1n) is 13.7. The van der Waals surface area contributed by atoms with E-state index in [2.05, 4.69) is 53.2 Å². The lowest BCUT2D eigenvalue weighted by Crippen LogP contribution is -2.54. The number of urea groups is 1. The van der Waals surface area contributed by atoms with Gasteiger partial charge in [-0.25, -0.2) is 4.79 Å². The Labute approximate surface area is 221 Å². The molecule has 0 saturated heterocycles. The lowest BCUT2D eigenvalue weighted by Gasteiger charge is -2.36. The topological polar surface area (TPSA) is 73.4 Å². The Morgan fingerprint density at radius 3 is 1.89 bits per heavy atom. The molecule has 0 bridgehead atoms. The molecule has 4 N–H and O–H groups in total. The van der Waals surface area contributed by atoms with Gasteiger partial charge in [-0.15, -0.1) is 0 Å². The van der Waals surface area contributed by atoms with Crippen molar-refractivity contribution >= 4 is 6.03 Å². The summed E-state index contributed by atoms with van der Waals surface area (Å²) in [7, 11) is 0. The Balaban J connectivity index is 1.25. The largest absolute Gasteiger partial charge is 0.378 e. The fraction of sp³-hybridized carbons (Fsp3) is 0.406. The lowest BCUT2D eigenvalue weighted by molar-refractivity contribution is 0.0470. The molecule has 1 aliphatic rings. The summed E-state index contributed by atoms with van der Waals surface area (Å²) in [5.74, 6) is 0.691. The second kappa shape index (κ2) is 12.9. The van der Waals surface area contributed by atoms with Crippen LogP contribution in [0.15, 0.2) is 91.0 Å². The van der Waals surface area contributed by atoms with Crippen LogP contribution < -0.4 is 16.0 Å². The van der Waals surface area contributed by atoms with Crippen LogP contribution >= 0.6 is 0 Å². The molecular weight excluding hydrogens is 458 g/mol. The maximum atomic E-state index is 13.0. The van der Waals surface area contributed by atoms with E-state index in [-0.39, 0.29) is 12.1 Å². The van der Waals surface area contributed by atoms with Gasteiger partial charge in [-0.1, -0.05) is 91.0 Å². The van der Waals surface area contributed by atoms with Crippen LogP contribution in [0.5, 0.6) is 0 Å². The highest BCUT2D eigenvalue weighted by Gasteiger charge is 2.38. The number of rotatable bonds is 10. The summed E-state index contributed by atoms with van der Waals surface area (Å²) in [6, 6.07) is 29.4. The summed E-state index contributed by atoms with van der Waals surface area (Å²) < 4.78 is 0. The smallest absolute Gasteiger partial charge is 0.315 e.